The van der Waals surface area contributed by atoms with Gasteiger partial charge in [-0.25, -0.2) is 4.98 Å². The molecule has 9 nitrogen and oxygen atoms in total. The van der Waals surface area contributed by atoms with Gasteiger partial charge in [-0.1, -0.05) is 0 Å². The minimum absolute atomic E-state index is 0.0737. The molecule has 0 aliphatic rings. The van der Waals surface area contributed by atoms with Gasteiger partial charge in [0.05, 0.1) is 36.6 Å². The molecule has 0 saturated carbocycles. The topological polar surface area (TPSA) is 142 Å². The lowest BCUT2D eigenvalue weighted by Gasteiger charge is -2.08. The number of aromatic hydroxyl groups is 1. The fourth-order valence-corrected chi connectivity index (χ4v) is 3.78. The lowest BCUT2D eigenvalue weighted by atomic mass is 10.3. The van der Waals surface area contributed by atoms with Crippen LogP contribution in [0.3, 0.4) is 0 Å². The van der Waals surface area contributed by atoms with E-state index in [1.54, 1.807) is 48.2 Å². The van der Waals surface area contributed by atoms with Crippen LogP contribution in [-0.4, -0.2) is 55.7 Å². The third-order valence-corrected chi connectivity index (χ3v) is 5.46. The van der Waals surface area contributed by atoms with Crippen molar-refractivity contribution >= 4 is 29.5 Å². The van der Waals surface area contributed by atoms with Gasteiger partial charge in [0.25, 0.3) is 0 Å². The van der Waals surface area contributed by atoms with Crippen molar-refractivity contribution in [3.63, 3.8) is 0 Å². The number of aliphatic imine (C=N–C) groups is 1. The summed E-state index contributed by atoms with van der Waals surface area (Å²) in [6.45, 7) is 1.11. The number of H-pyrrole nitrogens is 1. The van der Waals surface area contributed by atoms with E-state index in [4.69, 9.17) is 10.4 Å². The highest BCUT2D eigenvalue weighted by Crippen LogP contribution is 2.18. The Morgan fingerprint density at radius 1 is 1.25 bits per heavy atom. The van der Waals surface area contributed by atoms with E-state index in [9.17, 15) is 5.11 Å². The number of imidazole rings is 1. The first-order valence-corrected chi connectivity index (χ1v) is 10.9. The molecule has 0 aliphatic heterocycles. The molecule has 0 atom stereocenters. The first-order valence-electron chi connectivity index (χ1n) is 8.58. The summed E-state index contributed by atoms with van der Waals surface area (Å²) in [5, 5.41) is 33.3. The van der Waals surface area contributed by atoms with Gasteiger partial charge < -0.3 is 20.5 Å². The van der Waals surface area contributed by atoms with Crippen molar-refractivity contribution in [3.8, 4) is 11.9 Å². The van der Waals surface area contributed by atoms with Crippen LogP contribution >= 0.6 is 23.5 Å². The number of aliphatic hydroxyl groups is 1. The molecule has 0 fully saturated rings. The van der Waals surface area contributed by atoms with Crippen LogP contribution in [-0.2, 0) is 18.1 Å². The summed E-state index contributed by atoms with van der Waals surface area (Å²) in [6, 6.07) is 3.32. The Morgan fingerprint density at radius 3 is 2.89 bits per heavy atom. The predicted molar refractivity (Wildman–Crippen MR) is 112 cm³/mol. The van der Waals surface area contributed by atoms with Crippen LogP contribution in [0.15, 0.2) is 29.6 Å². The van der Waals surface area contributed by atoms with E-state index in [1.165, 1.54) is 0 Å². The molecular formula is C17H23N7O2S2. The molecule has 0 saturated heterocycles. The number of rotatable bonds is 11. The second-order valence-corrected chi connectivity index (χ2v) is 7.66. The van der Waals surface area contributed by atoms with Crippen molar-refractivity contribution in [1.82, 2.24) is 25.6 Å². The molecule has 0 radical (unpaired) electrons. The third-order valence-electron chi connectivity index (χ3n) is 3.53. The molecule has 0 spiro atoms. The quantitative estimate of drug-likeness (QED) is 0.119. The minimum Gasteiger partial charge on any atom is -0.506 e. The number of nitrogens with zero attached hydrogens (tertiary/aromatic N) is 4. The van der Waals surface area contributed by atoms with E-state index in [-0.39, 0.29) is 12.4 Å². The molecule has 0 unspecified atom stereocenters. The molecule has 11 heteroatoms. The number of aromatic amines is 1. The Labute approximate surface area is 172 Å². The number of hydrogen-bond acceptors (Lipinski definition) is 8. The molecule has 0 bridgehead atoms. The Balaban J connectivity index is 1.63. The zero-order valence-electron chi connectivity index (χ0n) is 15.3. The van der Waals surface area contributed by atoms with Gasteiger partial charge in [0, 0.05) is 35.8 Å². The first kappa shape index (κ1) is 21.9. The van der Waals surface area contributed by atoms with Crippen LogP contribution in [0.5, 0.6) is 5.75 Å². The highest BCUT2D eigenvalue weighted by atomic mass is 32.2. The zero-order chi connectivity index (χ0) is 20.0. The molecule has 2 heterocycles. The maximum absolute atomic E-state index is 9.68. The fourth-order valence-electron chi connectivity index (χ4n) is 2.15. The zero-order valence-corrected chi connectivity index (χ0v) is 16.9. The van der Waals surface area contributed by atoms with Crippen molar-refractivity contribution in [2.75, 3.05) is 24.6 Å². The monoisotopic (exact) mass is 421 g/mol. The van der Waals surface area contributed by atoms with Gasteiger partial charge in [-0.05, 0) is 12.1 Å². The van der Waals surface area contributed by atoms with Gasteiger partial charge in [-0.15, -0.1) is 0 Å². The maximum Gasteiger partial charge on any atom is 0.204 e. The average molecular weight is 422 g/mol. The summed E-state index contributed by atoms with van der Waals surface area (Å²) in [5.41, 5.74) is 2.25. The van der Waals surface area contributed by atoms with Crippen LogP contribution in [0, 0.1) is 11.5 Å². The second kappa shape index (κ2) is 12.9. The molecule has 28 heavy (non-hydrogen) atoms. The number of thioether (sulfide) groups is 2. The van der Waals surface area contributed by atoms with Crippen LogP contribution in [0.1, 0.15) is 17.1 Å². The number of pyridine rings is 1. The smallest absolute Gasteiger partial charge is 0.204 e. The van der Waals surface area contributed by atoms with Gasteiger partial charge in [0.2, 0.25) is 5.96 Å². The summed E-state index contributed by atoms with van der Waals surface area (Å²) in [6.07, 6.45) is 5.11. The van der Waals surface area contributed by atoms with E-state index in [1.807, 2.05) is 6.19 Å². The van der Waals surface area contributed by atoms with Gasteiger partial charge >= 0.3 is 0 Å². The van der Waals surface area contributed by atoms with Crippen LogP contribution < -0.4 is 10.6 Å². The highest BCUT2D eigenvalue weighted by molar-refractivity contribution is 7.98. The molecule has 0 aliphatic carbocycles. The molecule has 2 aromatic rings. The molecule has 2 rings (SSSR count). The predicted octanol–water partition coefficient (Wildman–Crippen LogP) is 1.19. The van der Waals surface area contributed by atoms with Crippen LogP contribution in [0.25, 0.3) is 0 Å². The minimum atomic E-state index is -0.0737. The first-order chi connectivity index (χ1) is 13.7. The lowest BCUT2D eigenvalue weighted by Crippen LogP contribution is -2.36. The van der Waals surface area contributed by atoms with E-state index in [0.29, 0.717) is 36.2 Å². The molecule has 5 N–H and O–H groups in total. The SMILES string of the molecule is N#CNC(=NCCSCc1[nH]cnc1CO)NCCSCc1ncccc1O. The van der Waals surface area contributed by atoms with E-state index >= 15 is 0 Å². The van der Waals surface area contributed by atoms with E-state index < -0.39 is 0 Å². The number of guanidine groups is 1. The molecule has 0 aromatic carbocycles. The second-order valence-electron chi connectivity index (χ2n) is 5.45. The van der Waals surface area contributed by atoms with E-state index in [2.05, 4.69) is 30.6 Å². The summed E-state index contributed by atoms with van der Waals surface area (Å²) in [7, 11) is 0. The fraction of sp³-hybridized carbons (Fsp3) is 0.412. The molecule has 2 aromatic heterocycles. The molecular weight excluding hydrogens is 398 g/mol. The molecule has 150 valence electrons. The Hall–Kier alpha value is -2.42. The normalized spacial score (nSPS) is 11.2. The van der Waals surface area contributed by atoms with Crippen molar-refractivity contribution in [3.05, 3.63) is 41.7 Å². The van der Waals surface area contributed by atoms with Crippen molar-refractivity contribution in [2.45, 2.75) is 18.1 Å². The highest BCUT2D eigenvalue weighted by Gasteiger charge is 2.04. The van der Waals surface area contributed by atoms with Crippen molar-refractivity contribution < 1.29 is 10.2 Å². The Kier molecular flexibility index (Phi) is 10.1. The van der Waals surface area contributed by atoms with Crippen molar-refractivity contribution in [1.29, 1.82) is 5.26 Å². The van der Waals surface area contributed by atoms with E-state index in [0.717, 1.165) is 23.0 Å². The van der Waals surface area contributed by atoms with Gasteiger partial charge in [0.15, 0.2) is 6.19 Å². The lowest BCUT2D eigenvalue weighted by molar-refractivity contribution is 0.276. The Bertz CT molecular complexity index is 792. The number of aliphatic hydroxyl groups excluding tert-OH is 1. The average Bonchev–Trinajstić information content (AvgIpc) is 3.16. The van der Waals surface area contributed by atoms with Crippen LogP contribution in [0.2, 0.25) is 0 Å². The van der Waals surface area contributed by atoms with Gasteiger partial charge in [-0.3, -0.25) is 15.3 Å². The number of nitrogens with one attached hydrogen (secondary N) is 3. The standard InChI is InChI=1S/C17H23N7O2S2/c18-11-22-17(20-4-6-27-9-14-13(8-25)23-12-24-14)21-5-7-28-10-15-16(26)2-1-3-19-15/h1-3,12,25-26H,4-10H2,(H,23,24)(H2,20,21,22). The number of aromatic nitrogens is 3. The summed E-state index contributed by atoms with van der Waals surface area (Å²) < 4.78 is 0. The summed E-state index contributed by atoms with van der Waals surface area (Å²) in [5.74, 6) is 3.54. The van der Waals surface area contributed by atoms with Gasteiger partial charge in [0.1, 0.15) is 5.75 Å². The summed E-state index contributed by atoms with van der Waals surface area (Å²) in [4.78, 5) is 15.5. The van der Waals surface area contributed by atoms with Crippen molar-refractivity contribution in [2.24, 2.45) is 4.99 Å². The van der Waals surface area contributed by atoms with Crippen LogP contribution in [0.4, 0.5) is 0 Å². The Morgan fingerprint density at radius 2 is 2.11 bits per heavy atom. The third kappa shape index (κ3) is 7.67. The number of nitriles is 1. The largest absolute Gasteiger partial charge is 0.506 e. The maximum atomic E-state index is 9.68. The number of hydrogen-bond donors (Lipinski definition) is 5. The van der Waals surface area contributed by atoms with Gasteiger partial charge in [-0.2, -0.15) is 28.8 Å². The molecule has 0 amide bonds. The summed E-state index contributed by atoms with van der Waals surface area (Å²) >= 11 is 3.30.